The fraction of sp³-hybridized carbons (Fsp3) is 0.818. The summed E-state index contributed by atoms with van der Waals surface area (Å²) in [6.45, 7) is 4.31. The van der Waals surface area contributed by atoms with E-state index < -0.39 is 0 Å². The summed E-state index contributed by atoms with van der Waals surface area (Å²) in [7, 11) is 0. The minimum Gasteiger partial charge on any atom is -0.294 e. The molecule has 3 nitrogen and oxygen atoms in total. The van der Waals surface area contributed by atoms with Gasteiger partial charge in [-0.2, -0.15) is 0 Å². The van der Waals surface area contributed by atoms with Crippen molar-refractivity contribution in [1.82, 2.24) is 14.5 Å². The molecule has 1 aliphatic heterocycles. The van der Waals surface area contributed by atoms with Gasteiger partial charge < -0.3 is 0 Å². The summed E-state index contributed by atoms with van der Waals surface area (Å²) in [6, 6.07) is 0.695. The second-order valence-electron chi connectivity index (χ2n) is 4.38. The standard InChI is InChI=1S/C11H18ClN3S/c1-2-9-6-4-3-5-7-15(9)8-10-11(12)16-14-13-10/h9H,2-8H2,1H3. The van der Waals surface area contributed by atoms with E-state index in [0.717, 1.165) is 16.6 Å². The van der Waals surface area contributed by atoms with Crippen LogP contribution >= 0.6 is 23.1 Å². The Morgan fingerprint density at radius 1 is 1.44 bits per heavy atom. The third-order valence-corrected chi connectivity index (χ3v) is 4.32. The SMILES string of the molecule is CCC1CCCCCN1Cc1nnsc1Cl. The first-order valence-electron chi connectivity index (χ1n) is 6.02. The van der Waals surface area contributed by atoms with Gasteiger partial charge in [-0.3, -0.25) is 4.90 Å². The number of rotatable bonds is 3. The molecule has 0 N–H and O–H groups in total. The molecule has 0 aromatic carbocycles. The van der Waals surface area contributed by atoms with Crippen molar-refractivity contribution in [3.8, 4) is 0 Å². The highest BCUT2D eigenvalue weighted by Gasteiger charge is 2.21. The molecule has 0 amide bonds. The lowest BCUT2D eigenvalue weighted by Crippen LogP contribution is -2.34. The van der Waals surface area contributed by atoms with Crippen LogP contribution in [0, 0.1) is 0 Å². The Morgan fingerprint density at radius 2 is 2.31 bits per heavy atom. The number of halogens is 1. The van der Waals surface area contributed by atoms with Gasteiger partial charge in [-0.1, -0.05) is 35.9 Å². The van der Waals surface area contributed by atoms with E-state index in [1.54, 1.807) is 0 Å². The van der Waals surface area contributed by atoms with E-state index in [2.05, 4.69) is 21.4 Å². The molecule has 1 aromatic heterocycles. The van der Waals surface area contributed by atoms with Gasteiger partial charge in [-0.05, 0) is 25.8 Å². The number of hydrogen-bond donors (Lipinski definition) is 0. The van der Waals surface area contributed by atoms with Crippen LogP contribution in [0.15, 0.2) is 0 Å². The summed E-state index contributed by atoms with van der Waals surface area (Å²) < 4.78 is 4.64. The van der Waals surface area contributed by atoms with Crippen molar-refractivity contribution in [2.24, 2.45) is 0 Å². The third-order valence-electron chi connectivity index (χ3n) is 3.33. The van der Waals surface area contributed by atoms with Crippen LogP contribution in [-0.4, -0.2) is 27.1 Å². The highest BCUT2D eigenvalue weighted by atomic mass is 35.5. The number of aromatic nitrogens is 2. The number of nitrogens with zero attached hydrogens (tertiary/aromatic N) is 3. The van der Waals surface area contributed by atoms with Crippen LogP contribution in [-0.2, 0) is 6.54 Å². The topological polar surface area (TPSA) is 29.0 Å². The van der Waals surface area contributed by atoms with E-state index in [-0.39, 0.29) is 0 Å². The molecule has 1 aliphatic rings. The molecule has 1 unspecified atom stereocenters. The van der Waals surface area contributed by atoms with Gasteiger partial charge in [0.1, 0.15) is 10.0 Å². The summed E-state index contributed by atoms with van der Waals surface area (Å²) in [5.41, 5.74) is 0.951. The maximum atomic E-state index is 6.06. The van der Waals surface area contributed by atoms with Crippen LogP contribution in [0.2, 0.25) is 4.34 Å². The van der Waals surface area contributed by atoms with E-state index in [1.165, 1.54) is 50.2 Å². The van der Waals surface area contributed by atoms with Crippen molar-refractivity contribution in [2.45, 2.75) is 51.6 Å². The predicted molar refractivity (Wildman–Crippen MR) is 67.9 cm³/mol. The molecule has 0 saturated carbocycles. The van der Waals surface area contributed by atoms with Gasteiger partial charge in [0, 0.05) is 24.1 Å². The van der Waals surface area contributed by atoms with Crippen molar-refractivity contribution in [3.63, 3.8) is 0 Å². The maximum absolute atomic E-state index is 6.06. The Balaban J connectivity index is 2.03. The maximum Gasteiger partial charge on any atom is 0.138 e. The molecular weight excluding hydrogens is 242 g/mol. The summed E-state index contributed by atoms with van der Waals surface area (Å²) >= 11 is 7.34. The third kappa shape index (κ3) is 2.93. The van der Waals surface area contributed by atoms with Crippen molar-refractivity contribution in [2.75, 3.05) is 6.54 Å². The average Bonchev–Trinajstić information content (AvgIpc) is 2.56. The Kier molecular flexibility index (Phi) is 4.55. The van der Waals surface area contributed by atoms with E-state index >= 15 is 0 Å². The van der Waals surface area contributed by atoms with Crippen LogP contribution in [0.3, 0.4) is 0 Å². The minimum absolute atomic E-state index is 0.695. The summed E-state index contributed by atoms with van der Waals surface area (Å²) in [4.78, 5) is 2.52. The van der Waals surface area contributed by atoms with Crippen molar-refractivity contribution < 1.29 is 0 Å². The second-order valence-corrected chi connectivity index (χ2v) is 5.73. The predicted octanol–water partition coefficient (Wildman–Crippen LogP) is 3.35. The molecule has 0 spiro atoms. The molecule has 0 radical (unpaired) electrons. The smallest absolute Gasteiger partial charge is 0.138 e. The van der Waals surface area contributed by atoms with Crippen LogP contribution in [0.1, 0.15) is 44.7 Å². The first-order valence-corrected chi connectivity index (χ1v) is 7.17. The van der Waals surface area contributed by atoms with Gasteiger partial charge in [0.15, 0.2) is 0 Å². The van der Waals surface area contributed by atoms with Crippen LogP contribution in [0.5, 0.6) is 0 Å². The van der Waals surface area contributed by atoms with Crippen LogP contribution < -0.4 is 0 Å². The second kappa shape index (κ2) is 5.94. The quantitative estimate of drug-likeness (QED) is 0.834. The van der Waals surface area contributed by atoms with Crippen LogP contribution in [0.4, 0.5) is 0 Å². The van der Waals surface area contributed by atoms with E-state index in [1.807, 2.05) is 0 Å². The molecule has 2 heterocycles. The molecule has 5 heteroatoms. The average molecular weight is 260 g/mol. The first-order chi connectivity index (χ1) is 7.81. The molecule has 90 valence electrons. The largest absolute Gasteiger partial charge is 0.294 e. The Bertz CT molecular complexity index is 329. The van der Waals surface area contributed by atoms with E-state index in [0.29, 0.717) is 6.04 Å². The van der Waals surface area contributed by atoms with Gasteiger partial charge in [0.2, 0.25) is 0 Å². The monoisotopic (exact) mass is 259 g/mol. The lowest BCUT2D eigenvalue weighted by Gasteiger charge is -2.28. The van der Waals surface area contributed by atoms with Gasteiger partial charge in [-0.15, -0.1) is 5.10 Å². The molecule has 16 heavy (non-hydrogen) atoms. The Labute approximate surface area is 106 Å². The van der Waals surface area contributed by atoms with Gasteiger partial charge in [0.25, 0.3) is 0 Å². The normalized spacial score (nSPS) is 23.2. The fourth-order valence-electron chi connectivity index (χ4n) is 2.39. The summed E-state index contributed by atoms with van der Waals surface area (Å²) in [5.74, 6) is 0. The van der Waals surface area contributed by atoms with Crippen molar-refractivity contribution in [3.05, 3.63) is 10.0 Å². The van der Waals surface area contributed by atoms with E-state index in [4.69, 9.17) is 11.6 Å². The van der Waals surface area contributed by atoms with E-state index in [9.17, 15) is 0 Å². The van der Waals surface area contributed by atoms with Gasteiger partial charge >= 0.3 is 0 Å². The number of likely N-dealkylation sites (tertiary alicyclic amines) is 1. The lowest BCUT2D eigenvalue weighted by atomic mass is 10.1. The summed E-state index contributed by atoms with van der Waals surface area (Å²) in [5, 5.41) is 4.10. The lowest BCUT2D eigenvalue weighted by molar-refractivity contribution is 0.184. The Hall–Kier alpha value is -0.190. The molecule has 2 rings (SSSR count). The highest BCUT2D eigenvalue weighted by molar-refractivity contribution is 7.10. The van der Waals surface area contributed by atoms with Crippen molar-refractivity contribution in [1.29, 1.82) is 0 Å². The molecule has 1 saturated heterocycles. The highest BCUT2D eigenvalue weighted by Crippen LogP contribution is 2.24. The number of hydrogen-bond acceptors (Lipinski definition) is 4. The molecule has 1 atom stereocenters. The molecule has 0 aliphatic carbocycles. The zero-order valence-electron chi connectivity index (χ0n) is 9.65. The van der Waals surface area contributed by atoms with Gasteiger partial charge in [-0.25, -0.2) is 0 Å². The fourth-order valence-corrected chi connectivity index (χ4v) is 3.00. The molecule has 0 bridgehead atoms. The Morgan fingerprint density at radius 3 is 3.00 bits per heavy atom. The molecule has 1 fully saturated rings. The molecular formula is C11H18ClN3S. The zero-order chi connectivity index (χ0) is 11.4. The van der Waals surface area contributed by atoms with Crippen molar-refractivity contribution >= 4 is 23.1 Å². The zero-order valence-corrected chi connectivity index (χ0v) is 11.2. The first kappa shape index (κ1) is 12.3. The molecule has 1 aromatic rings. The van der Waals surface area contributed by atoms with Gasteiger partial charge in [0.05, 0.1) is 0 Å². The summed E-state index contributed by atoms with van der Waals surface area (Å²) in [6.07, 6.45) is 6.54. The minimum atomic E-state index is 0.695. The van der Waals surface area contributed by atoms with Crippen LogP contribution in [0.25, 0.3) is 0 Å².